The van der Waals surface area contributed by atoms with Gasteiger partial charge in [-0.15, -0.1) is 0 Å². The van der Waals surface area contributed by atoms with Crippen molar-refractivity contribution >= 4 is 29.2 Å². The maximum atomic E-state index is 11.1. The van der Waals surface area contributed by atoms with Gasteiger partial charge in [0.25, 0.3) is 0 Å². The van der Waals surface area contributed by atoms with Crippen LogP contribution in [0.4, 0.5) is 0 Å². The highest BCUT2D eigenvalue weighted by molar-refractivity contribution is 6.36. The first-order chi connectivity index (χ1) is 9.11. The number of rotatable bonds is 4. The Morgan fingerprint density at radius 3 is 2.74 bits per heavy atom. The number of hydrogen-bond donors (Lipinski definition) is 1. The molecule has 6 heteroatoms. The molecular formula is C13H16Cl2N2O2. The Hall–Kier alpha value is -0.970. The van der Waals surface area contributed by atoms with E-state index in [0.717, 1.165) is 25.9 Å². The molecule has 0 saturated carbocycles. The Morgan fingerprint density at radius 2 is 2.16 bits per heavy atom. The molecule has 4 nitrogen and oxygen atoms in total. The number of halogens is 2. The summed E-state index contributed by atoms with van der Waals surface area (Å²) in [7, 11) is 0. The molecule has 19 heavy (non-hydrogen) atoms. The molecule has 1 N–H and O–H groups in total. The van der Waals surface area contributed by atoms with E-state index >= 15 is 0 Å². The van der Waals surface area contributed by atoms with Gasteiger partial charge >= 0.3 is 5.97 Å². The number of carbonyl (C=O) groups is 1. The third-order valence-electron chi connectivity index (χ3n) is 3.44. The minimum Gasteiger partial charge on any atom is -0.477 e. The highest BCUT2D eigenvalue weighted by atomic mass is 35.5. The number of carboxylic acids is 1. The summed E-state index contributed by atoms with van der Waals surface area (Å²) in [6, 6.07) is 3.67. The Labute approximate surface area is 122 Å². The molecule has 1 aliphatic rings. The predicted molar refractivity (Wildman–Crippen MR) is 75.9 cm³/mol. The van der Waals surface area contributed by atoms with Gasteiger partial charge in [-0.05, 0) is 25.0 Å². The van der Waals surface area contributed by atoms with E-state index < -0.39 is 5.97 Å². The molecule has 0 amide bonds. The molecule has 104 valence electrons. The minimum atomic E-state index is -0.874. The molecule has 0 spiro atoms. The average Bonchev–Trinajstić information content (AvgIpc) is 2.89. The largest absolute Gasteiger partial charge is 0.477 e. The summed E-state index contributed by atoms with van der Waals surface area (Å²) in [5.74, 6) is -0.874. The van der Waals surface area contributed by atoms with Crippen molar-refractivity contribution in [2.24, 2.45) is 0 Å². The van der Waals surface area contributed by atoms with Crippen molar-refractivity contribution in [1.82, 2.24) is 9.47 Å². The third kappa shape index (κ3) is 3.53. The van der Waals surface area contributed by atoms with E-state index in [-0.39, 0.29) is 6.04 Å². The molecule has 0 radical (unpaired) electrons. The lowest BCUT2D eigenvalue weighted by Crippen LogP contribution is -2.35. The lowest BCUT2D eigenvalue weighted by molar-refractivity contribution is 0.0678. The van der Waals surface area contributed by atoms with Gasteiger partial charge < -0.3 is 9.67 Å². The standard InChI is InChI=1S/C13H16Cl2N2O2/c14-8-10(15)9-16-6-3-11(4-7-16)17-5-1-2-12(17)13(18)19/h1-2,5,8,11H,3-4,6-7,9H2,(H,18,19). The molecule has 1 saturated heterocycles. The van der Waals surface area contributed by atoms with E-state index in [1.165, 1.54) is 5.54 Å². The summed E-state index contributed by atoms with van der Waals surface area (Å²) in [5.41, 5.74) is 1.75. The van der Waals surface area contributed by atoms with Crippen molar-refractivity contribution in [3.8, 4) is 0 Å². The van der Waals surface area contributed by atoms with Crippen LogP contribution in [0.2, 0.25) is 0 Å². The molecule has 1 fully saturated rings. The molecule has 2 rings (SSSR count). The fraction of sp³-hybridized carbons (Fsp3) is 0.462. The summed E-state index contributed by atoms with van der Waals surface area (Å²) in [6.45, 7) is 2.45. The van der Waals surface area contributed by atoms with E-state index in [1.54, 1.807) is 12.1 Å². The van der Waals surface area contributed by atoms with Crippen molar-refractivity contribution in [2.45, 2.75) is 18.9 Å². The van der Waals surface area contributed by atoms with Gasteiger partial charge in [-0.3, -0.25) is 4.90 Å². The monoisotopic (exact) mass is 302 g/mol. The number of aromatic nitrogens is 1. The third-order valence-corrected chi connectivity index (χ3v) is 4.05. The quantitative estimate of drug-likeness (QED) is 0.929. The normalized spacial score (nSPS) is 18.7. The lowest BCUT2D eigenvalue weighted by Gasteiger charge is -2.33. The van der Waals surface area contributed by atoms with Crippen molar-refractivity contribution < 1.29 is 9.90 Å². The fourth-order valence-electron chi connectivity index (χ4n) is 2.50. The van der Waals surface area contributed by atoms with Crippen LogP contribution in [0.15, 0.2) is 28.9 Å². The average molecular weight is 303 g/mol. The first-order valence-electron chi connectivity index (χ1n) is 6.19. The van der Waals surface area contributed by atoms with Crippen LogP contribution in [0.1, 0.15) is 29.4 Å². The molecule has 1 aliphatic heterocycles. The van der Waals surface area contributed by atoms with E-state index in [2.05, 4.69) is 4.90 Å². The minimum absolute atomic E-state index is 0.246. The predicted octanol–water partition coefficient (Wildman–Crippen LogP) is 3.14. The van der Waals surface area contributed by atoms with Crippen molar-refractivity contribution in [2.75, 3.05) is 19.6 Å². The molecule has 1 aromatic rings. The van der Waals surface area contributed by atoms with E-state index in [0.29, 0.717) is 17.3 Å². The van der Waals surface area contributed by atoms with Crippen LogP contribution in [0, 0.1) is 0 Å². The summed E-state index contributed by atoms with van der Waals surface area (Å²) in [6.07, 6.45) is 3.68. The van der Waals surface area contributed by atoms with Crippen LogP contribution >= 0.6 is 23.2 Å². The lowest BCUT2D eigenvalue weighted by atomic mass is 10.0. The fourth-order valence-corrected chi connectivity index (χ4v) is 2.74. The van der Waals surface area contributed by atoms with E-state index in [9.17, 15) is 4.79 Å². The molecule has 0 aromatic carbocycles. The second-order valence-corrected chi connectivity index (χ2v) is 5.37. The highest BCUT2D eigenvalue weighted by Gasteiger charge is 2.23. The SMILES string of the molecule is O=C(O)c1cccn1C1CCN(CC(Cl)=CCl)CC1. The maximum Gasteiger partial charge on any atom is 0.352 e. The number of likely N-dealkylation sites (tertiary alicyclic amines) is 1. The molecule has 0 bridgehead atoms. The van der Waals surface area contributed by atoms with Gasteiger partial charge in [0.05, 0.1) is 0 Å². The van der Waals surface area contributed by atoms with E-state index in [4.69, 9.17) is 28.3 Å². The molecular weight excluding hydrogens is 287 g/mol. The molecule has 1 aromatic heterocycles. The van der Waals surface area contributed by atoms with Crippen LogP contribution in [-0.4, -0.2) is 40.2 Å². The zero-order valence-corrected chi connectivity index (χ0v) is 11.9. The van der Waals surface area contributed by atoms with Crippen LogP contribution in [0.25, 0.3) is 0 Å². The number of aromatic carboxylic acids is 1. The first-order valence-corrected chi connectivity index (χ1v) is 7.00. The molecule has 0 unspecified atom stereocenters. The summed E-state index contributed by atoms with van der Waals surface area (Å²) < 4.78 is 1.86. The highest BCUT2D eigenvalue weighted by Crippen LogP contribution is 2.25. The smallest absolute Gasteiger partial charge is 0.352 e. The number of carboxylic acid groups (broad SMARTS) is 1. The zero-order valence-electron chi connectivity index (χ0n) is 10.4. The Kier molecular flexibility index (Phi) is 4.91. The van der Waals surface area contributed by atoms with Gasteiger partial charge in [-0.25, -0.2) is 4.79 Å². The number of nitrogens with zero attached hydrogens (tertiary/aromatic N) is 2. The van der Waals surface area contributed by atoms with Gasteiger partial charge in [0.1, 0.15) is 5.69 Å². The van der Waals surface area contributed by atoms with Gasteiger partial charge in [-0.1, -0.05) is 23.2 Å². The molecule has 0 aliphatic carbocycles. The molecule has 2 heterocycles. The second kappa shape index (κ2) is 6.46. The summed E-state index contributed by atoms with van der Waals surface area (Å²) in [5, 5.41) is 9.75. The topological polar surface area (TPSA) is 45.5 Å². The Morgan fingerprint density at radius 1 is 1.47 bits per heavy atom. The number of hydrogen-bond acceptors (Lipinski definition) is 2. The summed E-state index contributed by atoms with van der Waals surface area (Å²) in [4.78, 5) is 13.3. The second-order valence-electron chi connectivity index (χ2n) is 4.67. The number of piperidine rings is 1. The molecule has 0 atom stereocenters. The van der Waals surface area contributed by atoms with Crippen molar-refractivity contribution in [1.29, 1.82) is 0 Å². The van der Waals surface area contributed by atoms with Crippen LogP contribution in [0.3, 0.4) is 0 Å². The van der Waals surface area contributed by atoms with Gasteiger partial charge in [0.2, 0.25) is 0 Å². The van der Waals surface area contributed by atoms with Crippen LogP contribution in [0.5, 0.6) is 0 Å². The van der Waals surface area contributed by atoms with Crippen LogP contribution in [-0.2, 0) is 0 Å². The summed E-state index contributed by atoms with van der Waals surface area (Å²) >= 11 is 11.5. The van der Waals surface area contributed by atoms with Gasteiger partial charge in [0, 0.05) is 42.4 Å². The maximum absolute atomic E-state index is 11.1. The van der Waals surface area contributed by atoms with Gasteiger partial charge in [-0.2, -0.15) is 0 Å². The van der Waals surface area contributed by atoms with Crippen molar-refractivity contribution in [3.63, 3.8) is 0 Å². The van der Waals surface area contributed by atoms with E-state index in [1.807, 2.05) is 10.8 Å². The first kappa shape index (κ1) is 14.4. The Bertz CT molecular complexity index is 477. The van der Waals surface area contributed by atoms with Gasteiger partial charge in [0.15, 0.2) is 0 Å². The van der Waals surface area contributed by atoms with Crippen molar-refractivity contribution in [3.05, 3.63) is 34.6 Å². The Balaban J connectivity index is 1.96. The van der Waals surface area contributed by atoms with Crippen LogP contribution < -0.4 is 0 Å². The zero-order chi connectivity index (χ0) is 13.8.